The van der Waals surface area contributed by atoms with Gasteiger partial charge in [-0.2, -0.15) is 0 Å². The molecule has 0 spiro atoms. The molecule has 1 aliphatic rings. The topological polar surface area (TPSA) is 70.1 Å². The van der Waals surface area contributed by atoms with Gasteiger partial charge in [0.25, 0.3) is 5.91 Å². The fourth-order valence-electron chi connectivity index (χ4n) is 4.28. The summed E-state index contributed by atoms with van der Waals surface area (Å²) in [4.78, 5) is 29.8. The second-order valence-corrected chi connectivity index (χ2v) is 8.21. The summed E-state index contributed by atoms with van der Waals surface area (Å²) in [6.07, 6.45) is 1.62. The summed E-state index contributed by atoms with van der Waals surface area (Å²) < 4.78 is 15.7. The fourth-order valence-corrected chi connectivity index (χ4v) is 4.28. The molecule has 0 aliphatic carbocycles. The Morgan fingerprint density at radius 3 is 2.60 bits per heavy atom. The Labute approximate surface area is 174 Å². The van der Waals surface area contributed by atoms with E-state index in [0.29, 0.717) is 11.1 Å². The zero-order valence-electron chi connectivity index (χ0n) is 17.3. The van der Waals surface area contributed by atoms with Crippen LogP contribution in [-0.2, 0) is 0 Å². The first-order chi connectivity index (χ1) is 14.4. The Hall–Kier alpha value is -2.93. The van der Waals surface area contributed by atoms with Crippen LogP contribution in [0, 0.1) is 12.7 Å². The quantitative estimate of drug-likeness (QED) is 0.679. The highest BCUT2D eigenvalue weighted by Gasteiger charge is 2.25. The van der Waals surface area contributed by atoms with Crippen molar-refractivity contribution in [3.05, 3.63) is 69.9 Å². The van der Waals surface area contributed by atoms with Crippen LogP contribution in [0.1, 0.15) is 41.7 Å². The molecule has 1 fully saturated rings. The van der Waals surface area contributed by atoms with Gasteiger partial charge in [0, 0.05) is 37.3 Å². The molecule has 4 rings (SSSR count). The molecule has 2 N–H and O–H groups in total. The van der Waals surface area contributed by atoms with Crippen molar-refractivity contribution < 1.29 is 9.18 Å². The van der Waals surface area contributed by atoms with Crippen LogP contribution in [0.2, 0.25) is 0 Å². The first-order valence-electron chi connectivity index (χ1n) is 10.4. The van der Waals surface area contributed by atoms with Crippen LogP contribution in [0.25, 0.3) is 11.0 Å². The normalized spacial score (nSPS) is 16.6. The number of nitrogens with one attached hydrogen (secondary N) is 2. The summed E-state index contributed by atoms with van der Waals surface area (Å²) in [5.41, 5.74) is 2.43. The van der Waals surface area contributed by atoms with Gasteiger partial charge in [-0.25, -0.2) is 9.18 Å². The molecule has 0 radical (unpaired) electrons. The number of carbonyl (C=O) groups is 1. The number of aromatic amines is 1. The zero-order chi connectivity index (χ0) is 21.3. The maximum absolute atomic E-state index is 14.0. The van der Waals surface area contributed by atoms with Gasteiger partial charge in [0.2, 0.25) is 0 Å². The fraction of sp³-hybridized carbons (Fsp3) is 0.391. The van der Waals surface area contributed by atoms with Gasteiger partial charge in [0.15, 0.2) is 0 Å². The number of benzene rings is 2. The van der Waals surface area contributed by atoms with Crippen LogP contribution < -0.4 is 11.0 Å². The second kappa shape index (κ2) is 8.44. The maximum Gasteiger partial charge on any atom is 0.326 e. The highest BCUT2D eigenvalue weighted by Crippen LogP contribution is 2.25. The molecule has 1 amide bonds. The van der Waals surface area contributed by atoms with Gasteiger partial charge in [0.1, 0.15) is 11.3 Å². The molecule has 30 heavy (non-hydrogen) atoms. The summed E-state index contributed by atoms with van der Waals surface area (Å²) in [6, 6.07) is 12.4. The third-order valence-electron chi connectivity index (χ3n) is 5.85. The minimum atomic E-state index is -0.404. The highest BCUT2D eigenvalue weighted by molar-refractivity contribution is 5.94. The highest BCUT2D eigenvalue weighted by atomic mass is 19.1. The molecule has 0 saturated carbocycles. The molecule has 1 aromatic heterocycles. The standard InChI is InChI=1S/C23H27FN4O2/c1-15-6-8-17(9-7-15)22(29)25-16(2)14-27-12-10-18(11-13-27)28-20-5-3-4-19(24)21(20)26-23(28)30/h3-9,16,18H,10-14H2,1-2H3,(H,25,29)(H,26,30)/t16-/m0/s1. The van der Waals surface area contributed by atoms with Crippen molar-refractivity contribution in [3.8, 4) is 0 Å². The molecule has 158 valence electrons. The molecule has 0 unspecified atom stereocenters. The van der Waals surface area contributed by atoms with Gasteiger partial charge in [-0.05, 0) is 51.0 Å². The largest absolute Gasteiger partial charge is 0.348 e. The van der Waals surface area contributed by atoms with E-state index >= 15 is 0 Å². The van der Waals surface area contributed by atoms with E-state index in [-0.39, 0.29) is 29.2 Å². The van der Waals surface area contributed by atoms with E-state index < -0.39 is 5.82 Å². The number of imidazole rings is 1. The van der Waals surface area contributed by atoms with E-state index in [0.717, 1.165) is 38.0 Å². The molecule has 1 aliphatic heterocycles. The van der Waals surface area contributed by atoms with Crippen molar-refractivity contribution in [2.45, 2.75) is 38.8 Å². The van der Waals surface area contributed by atoms with Crippen LogP contribution in [0.3, 0.4) is 0 Å². The number of piperidine rings is 1. The number of hydrogen-bond acceptors (Lipinski definition) is 3. The Bertz CT molecular complexity index is 1090. The van der Waals surface area contributed by atoms with Gasteiger partial charge in [-0.15, -0.1) is 0 Å². The lowest BCUT2D eigenvalue weighted by Gasteiger charge is -2.34. The van der Waals surface area contributed by atoms with Crippen molar-refractivity contribution in [2.75, 3.05) is 19.6 Å². The lowest BCUT2D eigenvalue weighted by atomic mass is 10.0. The number of aromatic nitrogens is 2. The van der Waals surface area contributed by atoms with Crippen molar-refractivity contribution in [1.82, 2.24) is 19.8 Å². The predicted molar refractivity (Wildman–Crippen MR) is 115 cm³/mol. The number of rotatable bonds is 5. The monoisotopic (exact) mass is 410 g/mol. The summed E-state index contributed by atoms with van der Waals surface area (Å²) >= 11 is 0. The van der Waals surface area contributed by atoms with E-state index in [1.165, 1.54) is 6.07 Å². The first kappa shape index (κ1) is 20.3. The Morgan fingerprint density at radius 1 is 1.20 bits per heavy atom. The molecular formula is C23H27FN4O2. The van der Waals surface area contributed by atoms with Gasteiger partial charge >= 0.3 is 5.69 Å². The van der Waals surface area contributed by atoms with E-state index in [2.05, 4.69) is 15.2 Å². The van der Waals surface area contributed by atoms with Gasteiger partial charge in [-0.1, -0.05) is 23.8 Å². The number of halogens is 1. The number of carbonyl (C=O) groups excluding carboxylic acids is 1. The average Bonchev–Trinajstić information content (AvgIpc) is 3.06. The van der Waals surface area contributed by atoms with Crippen LogP contribution in [-0.4, -0.2) is 46.0 Å². The van der Waals surface area contributed by atoms with E-state index in [1.54, 1.807) is 16.7 Å². The molecule has 2 aromatic carbocycles. The van der Waals surface area contributed by atoms with Crippen LogP contribution >= 0.6 is 0 Å². The number of likely N-dealkylation sites (tertiary alicyclic amines) is 1. The molecule has 1 atom stereocenters. The van der Waals surface area contributed by atoms with Crippen LogP contribution in [0.15, 0.2) is 47.3 Å². The van der Waals surface area contributed by atoms with Gasteiger partial charge in [-0.3, -0.25) is 9.36 Å². The number of H-pyrrole nitrogens is 1. The van der Waals surface area contributed by atoms with Gasteiger partial charge < -0.3 is 15.2 Å². The zero-order valence-corrected chi connectivity index (χ0v) is 17.3. The molecular weight excluding hydrogens is 383 g/mol. The summed E-state index contributed by atoms with van der Waals surface area (Å²) in [5.74, 6) is -0.469. The smallest absolute Gasteiger partial charge is 0.326 e. The lowest BCUT2D eigenvalue weighted by molar-refractivity contribution is 0.0921. The van der Waals surface area contributed by atoms with Gasteiger partial charge in [0.05, 0.1) is 5.52 Å². The van der Waals surface area contributed by atoms with Crippen molar-refractivity contribution >= 4 is 16.9 Å². The summed E-state index contributed by atoms with van der Waals surface area (Å²) in [6.45, 7) is 6.40. The molecule has 1 saturated heterocycles. The maximum atomic E-state index is 14.0. The Kier molecular flexibility index (Phi) is 5.72. The van der Waals surface area contributed by atoms with Crippen molar-refractivity contribution in [2.24, 2.45) is 0 Å². The number of nitrogens with zero attached hydrogens (tertiary/aromatic N) is 2. The molecule has 3 aromatic rings. The minimum absolute atomic E-state index is 0.0141. The molecule has 6 nitrogen and oxygen atoms in total. The molecule has 0 bridgehead atoms. The third-order valence-corrected chi connectivity index (χ3v) is 5.85. The second-order valence-electron chi connectivity index (χ2n) is 8.21. The van der Waals surface area contributed by atoms with E-state index in [9.17, 15) is 14.0 Å². The number of fused-ring (bicyclic) bond motifs is 1. The minimum Gasteiger partial charge on any atom is -0.348 e. The predicted octanol–water partition coefficient (Wildman–Crippen LogP) is 3.23. The van der Waals surface area contributed by atoms with E-state index in [1.807, 2.05) is 38.1 Å². The third kappa shape index (κ3) is 4.16. The first-order valence-corrected chi connectivity index (χ1v) is 10.4. The Morgan fingerprint density at radius 2 is 1.90 bits per heavy atom. The summed E-state index contributed by atoms with van der Waals surface area (Å²) in [5, 5.41) is 3.06. The molecule has 7 heteroatoms. The number of amides is 1. The summed E-state index contributed by atoms with van der Waals surface area (Å²) in [7, 11) is 0. The van der Waals surface area contributed by atoms with E-state index in [4.69, 9.17) is 0 Å². The Balaban J connectivity index is 1.34. The van der Waals surface area contributed by atoms with Crippen LogP contribution in [0.4, 0.5) is 4.39 Å². The number of aryl methyl sites for hydroxylation is 1. The van der Waals surface area contributed by atoms with Crippen molar-refractivity contribution in [3.63, 3.8) is 0 Å². The van der Waals surface area contributed by atoms with Crippen LogP contribution in [0.5, 0.6) is 0 Å². The van der Waals surface area contributed by atoms with Crippen molar-refractivity contribution in [1.29, 1.82) is 0 Å². The number of hydrogen-bond donors (Lipinski definition) is 2. The SMILES string of the molecule is Cc1ccc(C(=O)N[C@@H](C)CN2CCC(n3c(=O)[nH]c4c(F)cccc43)CC2)cc1. The lowest BCUT2D eigenvalue weighted by Crippen LogP contribution is -2.45. The average molecular weight is 410 g/mol. The molecule has 2 heterocycles. The number of para-hydroxylation sites is 1.